The largest absolute Gasteiger partial charge is 0.265 e. The number of para-hydroxylation sites is 1. The fourth-order valence-corrected chi connectivity index (χ4v) is 9.78. The maximum Gasteiger partial charge on any atom is 0.165 e. The van der Waals surface area contributed by atoms with Gasteiger partial charge in [-0.2, -0.15) is 5.10 Å². The van der Waals surface area contributed by atoms with Crippen molar-refractivity contribution in [1.29, 1.82) is 0 Å². The van der Waals surface area contributed by atoms with Crippen molar-refractivity contribution in [2.75, 3.05) is 0 Å². The van der Waals surface area contributed by atoms with Crippen molar-refractivity contribution >= 4 is 73.9 Å². The van der Waals surface area contributed by atoms with E-state index < -0.39 is 0 Å². The van der Waals surface area contributed by atoms with E-state index in [1.807, 2.05) is 22.9 Å². The number of fused-ring (bicyclic) bond motifs is 7. The Morgan fingerprint density at radius 3 is 1.62 bits per heavy atom. The molecule has 5 heterocycles. The van der Waals surface area contributed by atoms with Crippen molar-refractivity contribution in [3.05, 3.63) is 158 Å². The van der Waals surface area contributed by atoms with E-state index in [1.165, 1.54) is 40.3 Å². The van der Waals surface area contributed by atoms with Gasteiger partial charge in [-0.1, -0.05) is 97.1 Å². The fourth-order valence-electron chi connectivity index (χ4n) is 7.36. The van der Waals surface area contributed by atoms with Gasteiger partial charge in [-0.15, -0.1) is 22.7 Å². The minimum Gasteiger partial charge on any atom is -0.265 e. The monoisotopic (exact) mass is 714 g/mol. The van der Waals surface area contributed by atoms with Crippen LogP contribution >= 0.6 is 22.7 Å². The molecule has 0 aliphatic rings. The smallest absolute Gasteiger partial charge is 0.165 e. The van der Waals surface area contributed by atoms with Gasteiger partial charge in [0.15, 0.2) is 17.5 Å². The lowest BCUT2D eigenvalue weighted by molar-refractivity contribution is 0.911. The summed E-state index contributed by atoms with van der Waals surface area (Å²) in [6, 6.07) is 50.7. The van der Waals surface area contributed by atoms with Crippen molar-refractivity contribution in [3.8, 4) is 51.1 Å². The molecular formula is C45H26N6S2. The third-order valence-electron chi connectivity index (χ3n) is 9.81. The summed E-state index contributed by atoms with van der Waals surface area (Å²) in [6.07, 6.45) is 3.58. The Morgan fingerprint density at radius 2 is 0.962 bits per heavy atom. The van der Waals surface area contributed by atoms with Gasteiger partial charge in [-0.25, -0.2) is 19.6 Å². The lowest BCUT2D eigenvalue weighted by Gasteiger charge is -2.10. The van der Waals surface area contributed by atoms with Gasteiger partial charge in [0, 0.05) is 80.4 Å². The predicted molar refractivity (Wildman–Crippen MR) is 220 cm³/mol. The lowest BCUT2D eigenvalue weighted by Crippen LogP contribution is -2.00. The third kappa shape index (κ3) is 4.88. The van der Waals surface area contributed by atoms with E-state index in [-0.39, 0.29) is 0 Å². The van der Waals surface area contributed by atoms with E-state index in [9.17, 15) is 0 Å². The maximum atomic E-state index is 5.27. The molecule has 0 bridgehead atoms. The highest BCUT2D eigenvalue weighted by molar-refractivity contribution is 7.26. The zero-order chi connectivity index (χ0) is 34.9. The summed E-state index contributed by atoms with van der Waals surface area (Å²) in [4.78, 5) is 20.0. The van der Waals surface area contributed by atoms with Gasteiger partial charge in [0.1, 0.15) is 5.69 Å². The quantitative estimate of drug-likeness (QED) is 0.177. The van der Waals surface area contributed by atoms with Gasteiger partial charge in [-0.3, -0.25) is 4.98 Å². The van der Waals surface area contributed by atoms with E-state index in [0.717, 1.165) is 44.5 Å². The molecule has 248 valence electrons. The van der Waals surface area contributed by atoms with E-state index in [2.05, 4.69) is 132 Å². The first-order valence-electron chi connectivity index (χ1n) is 17.3. The fraction of sp³-hybridized carbons (Fsp3) is 0. The highest BCUT2D eigenvalue weighted by Crippen LogP contribution is 2.42. The van der Waals surface area contributed by atoms with Crippen LogP contribution < -0.4 is 0 Å². The van der Waals surface area contributed by atoms with Crippen LogP contribution in [0.15, 0.2) is 158 Å². The molecule has 0 N–H and O–H groups in total. The van der Waals surface area contributed by atoms with Gasteiger partial charge in [0.2, 0.25) is 0 Å². The zero-order valence-corrected chi connectivity index (χ0v) is 29.6. The molecule has 53 heavy (non-hydrogen) atoms. The molecule has 0 aliphatic heterocycles. The third-order valence-corrected chi connectivity index (χ3v) is 12.3. The molecule has 0 saturated carbocycles. The Hall–Kier alpha value is -6.61. The number of rotatable bonds is 5. The predicted octanol–water partition coefficient (Wildman–Crippen LogP) is 12.0. The maximum absolute atomic E-state index is 5.27. The van der Waals surface area contributed by atoms with Crippen LogP contribution in [-0.2, 0) is 0 Å². The van der Waals surface area contributed by atoms with E-state index in [1.54, 1.807) is 35.1 Å². The van der Waals surface area contributed by atoms with E-state index in [4.69, 9.17) is 20.1 Å². The van der Waals surface area contributed by atoms with Gasteiger partial charge in [0.25, 0.3) is 0 Å². The van der Waals surface area contributed by atoms with Crippen LogP contribution in [0.25, 0.3) is 102 Å². The first-order chi connectivity index (χ1) is 26.3. The van der Waals surface area contributed by atoms with E-state index in [0.29, 0.717) is 17.5 Å². The lowest BCUT2D eigenvalue weighted by atomic mass is 10.0. The number of hydrogen-bond acceptors (Lipinski definition) is 7. The van der Waals surface area contributed by atoms with Crippen LogP contribution in [0.2, 0.25) is 0 Å². The molecule has 8 heteroatoms. The SMILES string of the molecule is c1cc(-c2nc(-c3cccc4c3sc3ccccc34)nc(-c3cccc4c3sc3ccccc34)n2)cc(-c2nn(-c3ccncc3)c3ccccc23)c1. The normalized spacial score (nSPS) is 11.8. The summed E-state index contributed by atoms with van der Waals surface area (Å²) < 4.78 is 6.80. The van der Waals surface area contributed by atoms with Gasteiger partial charge >= 0.3 is 0 Å². The molecule has 5 aromatic heterocycles. The first-order valence-corrected chi connectivity index (χ1v) is 19.0. The second-order valence-electron chi connectivity index (χ2n) is 12.9. The molecule has 0 unspecified atom stereocenters. The van der Waals surface area contributed by atoms with Crippen LogP contribution in [-0.4, -0.2) is 29.7 Å². The second-order valence-corrected chi connectivity index (χ2v) is 15.0. The molecule has 0 spiro atoms. The van der Waals surface area contributed by atoms with Crippen molar-refractivity contribution in [1.82, 2.24) is 29.7 Å². The van der Waals surface area contributed by atoms with Crippen molar-refractivity contribution in [2.45, 2.75) is 0 Å². The molecule has 0 fully saturated rings. The van der Waals surface area contributed by atoms with Crippen LogP contribution in [0.5, 0.6) is 0 Å². The standard InChI is InChI=1S/C45H26N6S2/c1-4-19-37-34(14-1)40(50-51(37)29-22-24-46-25-23-29)27-10-7-11-28(26-27)43-47-44(35-17-8-15-32-30-12-2-5-20-38(30)52-41(32)35)49-45(48-43)36-18-9-16-33-31-13-3-6-21-39(31)53-42(33)36/h1-26H. The molecule has 11 rings (SSSR count). The molecule has 0 amide bonds. The minimum atomic E-state index is 0.612. The number of thiophene rings is 2. The summed E-state index contributed by atoms with van der Waals surface area (Å²) in [5.74, 6) is 1.91. The second kappa shape index (κ2) is 12.0. The highest BCUT2D eigenvalue weighted by Gasteiger charge is 2.20. The van der Waals surface area contributed by atoms with Crippen LogP contribution in [0.1, 0.15) is 0 Å². The molecule has 0 radical (unpaired) electrons. The van der Waals surface area contributed by atoms with Crippen LogP contribution in [0.4, 0.5) is 0 Å². The van der Waals surface area contributed by atoms with Gasteiger partial charge < -0.3 is 0 Å². The summed E-state index contributed by atoms with van der Waals surface area (Å²) >= 11 is 3.56. The molecule has 6 aromatic carbocycles. The van der Waals surface area contributed by atoms with Gasteiger partial charge in [-0.05, 0) is 48.5 Å². The Labute approximate surface area is 311 Å². The van der Waals surface area contributed by atoms with Crippen molar-refractivity contribution in [2.24, 2.45) is 0 Å². The topological polar surface area (TPSA) is 69.4 Å². The Bertz CT molecular complexity index is 3060. The summed E-state index contributed by atoms with van der Waals surface area (Å²) in [5, 5.41) is 11.1. The van der Waals surface area contributed by atoms with E-state index >= 15 is 0 Å². The van der Waals surface area contributed by atoms with Crippen LogP contribution in [0, 0.1) is 0 Å². The molecule has 0 saturated heterocycles. The van der Waals surface area contributed by atoms with Crippen molar-refractivity contribution < 1.29 is 0 Å². The van der Waals surface area contributed by atoms with Crippen molar-refractivity contribution in [3.63, 3.8) is 0 Å². The molecule has 6 nitrogen and oxygen atoms in total. The Kier molecular flexibility index (Phi) is 6.80. The molecule has 11 aromatic rings. The number of hydrogen-bond donors (Lipinski definition) is 0. The van der Waals surface area contributed by atoms with Gasteiger partial charge in [0.05, 0.1) is 11.2 Å². The van der Waals surface area contributed by atoms with Crippen LogP contribution in [0.3, 0.4) is 0 Å². The number of nitrogens with zero attached hydrogens (tertiary/aromatic N) is 6. The highest BCUT2D eigenvalue weighted by atomic mass is 32.1. The molecule has 0 atom stereocenters. The summed E-state index contributed by atoms with van der Waals surface area (Å²) in [6.45, 7) is 0. The minimum absolute atomic E-state index is 0.612. The Balaban J connectivity index is 1.14. The number of pyridine rings is 1. The number of aromatic nitrogens is 6. The number of benzene rings is 6. The summed E-state index contributed by atoms with van der Waals surface area (Å²) in [5.41, 5.74) is 6.73. The Morgan fingerprint density at radius 1 is 0.434 bits per heavy atom. The molecular weight excluding hydrogens is 689 g/mol. The first kappa shape index (κ1) is 30.1. The average molecular weight is 715 g/mol. The average Bonchev–Trinajstić information content (AvgIpc) is 3.93. The summed E-state index contributed by atoms with van der Waals surface area (Å²) in [7, 11) is 0. The zero-order valence-electron chi connectivity index (χ0n) is 28.0. The molecule has 0 aliphatic carbocycles.